The Morgan fingerprint density at radius 2 is 1.83 bits per heavy atom. The van der Waals surface area contributed by atoms with Crippen LogP contribution in [0.4, 0.5) is 4.39 Å². The summed E-state index contributed by atoms with van der Waals surface area (Å²) < 4.78 is 23.1. The summed E-state index contributed by atoms with van der Waals surface area (Å²) in [6.07, 6.45) is 1.69. The number of ether oxygens (including phenoxy) is 2. The maximum Gasteiger partial charge on any atom is 0.336 e. The number of esters is 2. The van der Waals surface area contributed by atoms with Gasteiger partial charge in [-0.25, -0.2) is 14.2 Å². The Morgan fingerprint density at radius 3 is 2.33 bits per heavy atom. The molecule has 0 radical (unpaired) electrons. The quantitative estimate of drug-likeness (QED) is 0.353. The van der Waals surface area contributed by atoms with Crippen molar-refractivity contribution in [3.8, 4) is 11.1 Å². The summed E-state index contributed by atoms with van der Waals surface area (Å²) >= 11 is 1.42. The normalized spacial score (nSPS) is 21.6. The van der Waals surface area contributed by atoms with Crippen LogP contribution >= 0.6 is 11.3 Å². The van der Waals surface area contributed by atoms with Crippen molar-refractivity contribution < 1.29 is 23.5 Å². The maximum atomic E-state index is 13.6. The third kappa shape index (κ3) is 4.53. The Hall–Kier alpha value is -3.52. The van der Waals surface area contributed by atoms with Gasteiger partial charge < -0.3 is 14.8 Å². The molecule has 5 rings (SSSR count). The molecule has 0 fully saturated rings. The molecule has 0 saturated carbocycles. The van der Waals surface area contributed by atoms with Crippen LogP contribution in [-0.4, -0.2) is 36.2 Å². The van der Waals surface area contributed by atoms with Gasteiger partial charge in [-0.3, -0.25) is 4.79 Å². The average molecular weight is 509 g/mol. The zero-order chi connectivity index (χ0) is 25.9. The predicted molar refractivity (Wildman–Crippen MR) is 137 cm³/mol. The van der Waals surface area contributed by atoms with Gasteiger partial charge in [-0.05, 0) is 51.0 Å². The van der Waals surface area contributed by atoms with E-state index in [1.807, 2.05) is 55.6 Å². The SMILES string of the molecule is CCOC(=O)C1=C(C)NC(C)C(C(=O)OCC)(c2ccccc2)C1c1nccs1.Fc1ccc2cc1-2. The summed E-state index contributed by atoms with van der Waals surface area (Å²) in [7, 11) is 0. The minimum Gasteiger partial charge on any atom is -0.465 e. The van der Waals surface area contributed by atoms with Gasteiger partial charge in [0.25, 0.3) is 0 Å². The molecule has 3 aliphatic rings. The van der Waals surface area contributed by atoms with Crippen LogP contribution < -0.4 is 5.32 Å². The number of nitrogens with zero attached hydrogens (tertiary/aromatic N) is 1. The first-order valence-corrected chi connectivity index (χ1v) is 12.8. The summed E-state index contributed by atoms with van der Waals surface area (Å²) in [5.41, 5.74) is 2.57. The number of hydrogen-bond acceptors (Lipinski definition) is 7. The summed E-state index contributed by atoms with van der Waals surface area (Å²) in [5.74, 6) is -1.54. The minimum atomic E-state index is -1.17. The lowest BCUT2D eigenvalue weighted by atomic mass is 9.61. The maximum absolute atomic E-state index is 13.6. The van der Waals surface area contributed by atoms with Crippen LogP contribution in [0.3, 0.4) is 0 Å². The third-order valence-electron chi connectivity index (χ3n) is 6.52. The zero-order valence-electron chi connectivity index (χ0n) is 20.7. The number of allylic oxidation sites excluding steroid dienone is 1. The van der Waals surface area contributed by atoms with Crippen LogP contribution in [-0.2, 0) is 24.5 Å². The van der Waals surface area contributed by atoms with E-state index in [1.54, 1.807) is 26.1 Å². The summed E-state index contributed by atoms with van der Waals surface area (Å²) in [6.45, 7) is 7.80. The summed E-state index contributed by atoms with van der Waals surface area (Å²) in [5, 5.41) is 5.87. The summed E-state index contributed by atoms with van der Waals surface area (Å²) in [6, 6.07) is 14.2. The van der Waals surface area contributed by atoms with E-state index in [2.05, 4.69) is 10.3 Å². The van der Waals surface area contributed by atoms with Crippen LogP contribution in [0.5, 0.6) is 0 Å². The minimum absolute atomic E-state index is 0.0741. The van der Waals surface area contributed by atoms with Crippen molar-refractivity contribution in [2.24, 2.45) is 0 Å². The van der Waals surface area contributed by atoms with Crippen molar-refractivity contribution in [3.63, 3.8) is 0 Å². The van der Waals surface area contributed by atoms with Gasteiger partial charge in [0.05, 0.1) is 24.7 Å². The lowest BCUT2D eigenvalue weighted by Crippen LogP contribution is -2.60. The number of aromatic nitrogens is 1. The number of carbonyl (C=O) groups is 2. The fourth-order valence-corrected chi connectivity index (χ4v) is 5.72. The standard InChI is InChI=1S/C22H26N2O4S.C6H3F/c1-5-27-20(25)17-14(3)24-15(4)22(21(26)28-6-2,16-10-8-7-9-11-16)18(17)19-23-12-13-29-19;7-6-2-1-4-3-5(4)6/h7-13,15,18,24H,5-6H2,1-4H3;1-3H. The number of halogens is 1. The van der Waals surface area contributed by atoms with E-state index in [0.717, 1.165) is 16.7 Å². The molecule has 188 valence electrons. The van der Waals surface area contributed by atoms with Crippen molar-refractivity contribution in [1.82, 2.24) is 10.3 Å². The Labute approximate surface area is 214 Å². The monoisotopic (exact) mass is 508 g/mol. The fraction of sp³-hybridized carbons (Fsp3) is 0.321. The fourth-order valence-electron chi connectivity index (χ4n) is 4.90. The van der Waals surface area contributed by atoms with E-state index < -0.39 is 17.3 Å². The van der Waals surface area contributed by atoms with Gasteiger partial charge in [0.15, 0.2) is 0 Å². The average Bonchev–Trinajstić information content (AvgIpc) is 3.26. The number of rotatable bonds is 6. The van der Waals surface area contributed by atoms with E-state index >= 15 is 0 Å². The highest BCUT2D eigenvalue weighted by molar-refractivity contribution is 7.09. The second-order valence-electron chi connectivity index (χ2n) is 8.58. The van der Waals surface area contributed by atoms with Crippen LogP contribution in [0.1, 0.15) is 44.2 Å². The van der Waals surface area contributed by atoms with Gasteiger partial charge in [-0.1, -0.05) is 36.4 Å². The van der Waals surface area contributed by atoms with Gasteiger partial charge in [-0.2, -0.15) is 0 Å². The Kier molecular flexibility index (Phi) is 7.54. The van der Waals surface area contributed by atoms with Crippen LogP contribution in [0.25, 0.3) is 11.1 Å². The molecule has 0 spiro atoms. The predicted octanol–water partition coefficient (Wildman–Crippen LogP) is 5.36. The lowest BCUT2D eigenvalue weighted by Gasteiger charge is -2.47. The molecule has 1 aromatic carbocycles. The highest BCUT2D eigenvalue weighted by atomic mass is 32.1. The van der Waals surface area contributed by atoms with Gasteiger partial charge in [0.2, 0.25) is 0 Å². The van der Waals surface area contributed by atoms with Crippen molar-refractivity contribution in [1.29, 1.82) is 0 Å². The number of carbonyl (C=O) groups excluding carboxylic acids is 2. The third-order valence-corrected chi connectivity index (χ3v) is 7.36. The van der Waals surface area contributed by atoms with Crippen molar-refractivity contribution in [2.45, 2.75) is 45.1 Å². The number of nitrogens with one attached hydrogen (secondary N) is 1. The smallest absolute Gasteiger partial charge is 0.336 e. The van der Waals surface area contributed by atoms with E-state index in [0.29, 0.717) is 16.3 Å². The molecule has 2 heterocycles. The highest BCUT2D eigenvalue weighted by Gasteiger charge is 2.59. The number of benzene rings is 2. The highest BCUT2D eigenvalue weighted by Crippen LogP contribution is 2.51. The molecular formula is C28H29FN2O4S. The Bertz CT molecular complexity index is 1280. The van der Waals surface area contributed by atoms with Crippen molar-refractivity contribution in [2.75, 3.05) is 13.2 Å². The van der Waals surface area contributed by atoms with Crippen LogP contribution in [0.2, 0.25) is 0 Å². The second kappa shape index (κ2) is 10.6. The van der Waals surface area contributed by atoms with Crippen LogP contribution in [0, 0.1) is 5.82 Å². The molecule has 0 bridgehead atoms. The zero-order valence-corrected chi connectivity index (χ0v) is 21.5. The molecule has 2 aromatic rings. The van der Waals surface area contributed by atoms with Gasteiger partial charge in [0.1, 0.15) is 16.2 Å². The van der Waals surface area contributed by atoms with E-state index in [-0.39, 0.29) is 31.0 Å². The topological polar surface area (TPSA) is 77.5 Å². The molecule has 1 N–H and O–H groups in total. The molecule has 0 saturated heterocycles. The number of fused-ring (bicyclic) bond motifs is 1. The molecule has 1 aromatic heterocycles. The van der Waals surface area contributed by atoms with Crippen molar-refractivity contribution >= 4 is 23.3 Å². The Balaban J connectivity index is 0.000000367. The molecule has 1 aliphatic heterocycles. The Morgan fingerprint density at radius 1 is 1.11 bits per heavy atom. The molecule has 8 heteroatoms. The number of hydrogen-bond donors (Lipinski definition) is 1. The van der Waals surface area contributed by atoms with Crippen LogP contribution in [0.15, 0.2) is 71.4 Å². The van der Waals surface area contributed by atoms with Crippen molar-refractivity contribution in [3.05, 3.63) is 87.8 Å². The molecule has 3 unspecified atom stereocenters. The first kappa shape index (κ1) is 25.6. The second-order valence-corrected chi connectivity index (χ2v) is 9.50. The molecule has 0 amide bonds. The number of thiazole rings is 1. The lowest BCUT2D eigenvalue weighted by molar-refractivity contribution is -0.153. The molecular weight excluding hydrogens is 479 g/mol. The van der Waals surface area contributed by atoms with Gasteiger partial charge in [0, 0.05) is 28.9 Å². The van der Waals surface area contributed by atoms with Gasteiger partial charge in [-0.15, -0.1) is 11.3 Å². The van der Waals surface area contributed by atoms with Gasteiger partial charge >= 0.3 is 11.9 Å². The van der Waals surface area contributed by atoms with E-state index in [4.69, 9.17) is 9.47 Å². The molecule has 6 nitrogen and oxygen atoms in total. The van der Waals surface area contributed by atoms with E-state index in [1.165, 1.54) is 17.4 Å². The molecule has 3 atom stereocenters. The summed E-state index contributed by atoms with van der Waals surface area (Å²) in [4.78, 5) is 31.1. The first-order chi connectivity index (χ1) is 17.4. The first-order valence-electron chi connectivity index (χ1n) is 11.9. The largest absolute Gasteiger partial charge is 0.465 e. The molecule has 2 aliphatic carbocycles. The van der Waals surface area contributed by atoms with E-state index in [9.17, 15) is 14.0 Å². The molecule has 36 heavy (non-hydrogen) atoms.